The van der Waals surface area contributed by atoms with Gasteiger partial charge in [0.2, 0.25) is 0 Å². The third kappa shape index (κ3) is 8.21. The summed E-state index contributed by atoms with van der Waals surface area (Å²) in [5.41, 5.74) is 0. The molecule has 2 atom stereocenters. The molecule has 0 aromatic rings. The SMILES string of the molecule is CCCCC=COC(=O)CC(C)OP. The first kappa shape index (κ1) is 13.6. The van der Waals surface area contributed by atoms with Crippen molar-refractivity contribution in [2.75, 3.05) is 0 Å². The molecule has 0 aromatic carbocycles. The first-order chi connectivity index (χ1) is 6.70. The highest BCUT2D eigenvalue weighted by Crippen LogP contribution is 2.03. The minimum absolute atomic E-state index is 0.114. The number of carbonyl (C=O) groups is 1. The summed E-state index contributed by atoms with van der Waals surface area (Å²) in [6, 6.07) is 0. The second kappa shape index (κ2) is 9.17. The first-order valence-electron chi connectivity index (χ1n) is 4.90. The van der Waals surface area contributed by atoms with Crippen LogP contribution in [0.1, 0.15) is 39.5 Å². The van der Waals surface area contributed by atoms with E-state index in [4.69, 9.17) is 9.26 Å². The van der Waals surface area contributed by atoms with E-state index >= 15 is 0 Å². The smallest absolute Gasteiger partial charge is 0.313 e. The van der Waals surface area contributed by atoms with E-state index in [-0.39, 0.29) is 18.5 Å². The summed E-state index contributed by atoms with van der Waals surface area (Å²) in [7, 11) is 2.13. The predicted octanol–water partition coefficient (Wildman–Crippen LogP) is 2.82. The Morgan fingerprint density at radius 2 is 2.29 bits per heavy atom. The number of carbonyl (C=O) groups excluding carboxylic acids is 1. The second-order valence-corrected chi connectivity index (χ2v) is 3.43. The molecule has 0 fully saturated rings. The molecular formula is C10H19O3P. The lowest BCUT2D eigenvalue weighted by Gasteiger charge is -2.05. The molecule has 0 saturated carbocycles. The highest BCUT2D eigenvalue weighted by Gasteiger charge is 2.07. The zero-order chi connectivity index (χ0) is 10.8. The highest BCUT2D eigenvalue weighted by atomic mass is 31.0. The van der Waals surface area contributed by atoms with Crippen LogP contribution in [0.4, 0.5) is 0 Å². The van der Waals surface area contributed by atoms with Gasteiger partial charge in [-0.3, -0.25) is 4.79 Å². The van der Waals surface area contributed by atoms with Gasteiger partial charge in [0, 0.05) is 9.47 Å². The number of hydrogen-bond donors (Lipinski definition) is 0. The average Bonchev–Trinajstić information content (AvgIpc) is 2.17. The van der Waals surface area contributed by atoms with Gasteiger partial charge in [-0.25, -0.2) is 0 Å². The van der Waals surface area contributed by atoms with Gasteiger partial charge in [0.15, 0.2) is 0 Å². The average molecular weight is 218 g/mol. The zero-order valence-electron chi connectivity index (χ0n) is 8.86. The largest absolute Gasteiger partial charge is 0.435 e. The van der Waals surface area contributed by atoms with Crippen molar-refractivity contribution in [3.8, 4) is 0 Å². The van der Waals surface area contributed by atoms with Crippen LogP contribution in [0.5, 0.6) is 0 Å². The Balaban J connectivity index is 3.48. The summed E-state index contributed by atoms with van der Waals surface area (Å²) >= 11 is 0. The van der Waals surface area contributed by atoms with Crippen LogP contribution in [-0.2, 0) is 14.1 Å². The molecule has 0 amide bonds. The predicted molar refractivity (Wildman–Crippen MR) is 59.6 cm³/mol. The van der Waals surface area contributed by atoms with Gasteiger partial charge >= 0.3 is 5.97 Å². The Kier molecular flexibility index (Phi) is 8.90. The number of unbranched alkanes of at least 4 members (excludes halogenated alkanes) is 2. The molecule has 0 aromatic heterocycles. The summed E-state index contributed by atoms with van der Waals surface area (Å²) in [6.07, 6.45) is 6.73. The Bertz CT molecular complexity index is 180. The van der Waals surface area contributed by atoms with Crippen molar-refractivity contribution in [1.29, 1.82) is 0 Å². The highest BCUT2D eigenvalue weighted by molar-refractivity contribution is 7.09. The van der Waals surface area contributed by atoms with Crippen molar-refractivity contribution in [1.82, 2.24) is 0 Å². The lowest BCUT2D eigenvalue weighted by Crippen LogP contribution is -2.10. The summed E-state index contributed by atoms with van der Waals surface area (Å²) in [5, 5.41) is 0. The Morgan fingerprint density at radius 3 is 2.86 bits per heavy atom. The first-order valence-corrected chi connectivity index (χ1v) is 5.37. The molecule has 0 aliphatic heterocycles. The quantitative estimate of drug-likeness (QED) is 0.285. The molecule has 4 heteroatoms. The minimum atomic E-state index is -0.257. The monoisotopic (exact) mass is 218 g/mol. The number of ether oxygens (including phenoxy) is 1. The lowest BCUT2D eigenvalue weighted by atomic mass is 10.2. The van der Waals surface area contributed by atoms with Crippen LogP contribution >= 0.6 is 9.47 Å². The van der Waals surface area contributed by atoms with E-state index in [2.05, 4.69) is 16.4 Å². The molecule has 0 saturated heterocycles. The molecule has 0 aliphatic carbocycles. The van der Waals surface area contributed by atoms with Crippen LogP contribution in [0.3, 0.4) is 0 Å². The van der Waals surface area contributed by atoms with Gasteiger partial charge in [-0.2, -0.15) is 0 Å². The van der Waals surface area contributed by atoms with E-state index in [9.17, 15) is 4.79 Å². The summed E-state index contributed by atoms with van der Waals surface area (Å²) < 4.78 is 9.71. The Labute approximate surface area is 88.1 Å². The molecule has 0 radical (unpaired) electrons. The summed E-state index contributed by atoms with van der Waals surface area (Å²) in [4.78, 5) is 11.1. The van der Waals surface area contributed by atoms with Crippen molar-refractivity contribution in [3.63, 3.8) is 0 Å². The van der Waals surface area contributed by atoms with Gasteiger partial charge in [0.05, 0.1) is 18.8 Å². The third-order valence-electron chi connectivity index (χ3n) is 1.71. The van der Waals surface area contributed by atoms with Gasteiger partial charge in [0.25, 0.3) is 0 Å². The molecule has 2 unspecified atom stereocenters. The Morgan fingerprint density at radius 1 is 1.57 bits per heavy atom. The molecule has 0 rings (SSSR count). The van der Waals surface area contributed by atoms with Gasteiger partial charge in [0.1, 0.15) is 0 Å². The number of rotatable bonds is 7. The minimum Gasteiger partial charge on any atom is -0.435 e. The number of hydrogen-bond acceptors (Lipinski definition) is 3. The number of esters is 1. The van der Waals surface area contributed by atoms with E-state index in [0.29, 0.717) is 0 Å². The van der Waals surface area contributed by atoms with Crippen molar-refractivity contribution >= 4 is 15.4 Å². The molecule has 0 bridgehead atoms. The van der Waals surface area contributed by atoms with Crippen LogP contribution in [0, 0.1) is 0 Å². The van der Waals surface area contributed by atoms with Gasteiger partial charge < -0.3 is 9.26 Å². The zero-order valence-corrected chi connectivity index (χ0v) is 10.0. The summed E-state index contributed by atoms with van der Waals surface area (Å²) in [5.74, 6) is -0.257. The van der Waals surface area contributed by atoms with Gasteiger partial charge in [-0.1, -0.05) is 13.3 Å². The van der Waals surface area contributed by atoms with E-state index in [1.165, 1.54) is 6.26 Å². The molecule has 0 spiro atoms. The maximum atomic E-state index is 11.1. The van der Waals surface area contributed by atoms with Crippen LogP contribution in [0.2, 0.25) is 0 Å². The van der Waals surface area contributed by atoms with Crippen LogP contribution in [0.25, 0.3) is 0 Å². The normalized spacial score (nSPS) is 13.1. The maximum Gasteiger partial charge on any atom is 0.313 e. The van der Waals surface area contributed by atoms with Crippen LogP contribution < -0.4 is 0 Å². The fourth-order valence-corrected chi connectivity index (χ4v) is 0.941. The van der Waals surface area contributed by atoms with E-state index in [1.54, 1.807) is 0 Å². The van der Waals surface area contributed by atoms with E-state index in [0.717, 1.165) is 19.3 Å². The molecule has 0 heterocycles. The summed E-state index contributed by atoms with van der Waals surface area (Å²) in [6.45, 7) is 3.94. The standard InChI is InChI=1S/C10H19O3P/c1-3-4-5-6-7-12-10(11)8-9(2)13-14/h6-7,9H,3-5,8,14H2,1-2H3. The van der Waals surface area contributed by atoms with Crippen LogP contribution in [-0.4, -0.2) is 12.1 Å². The molecule has 82 valence electrons. The molecular weight excluding hydrogens is 199 g/mol. The van der Waals surface area contributed by atoms with Gasteiger partial charge in [-0.15, -0.1) is 0 Å². The van der Waals surface area contributed by atoms with Crippen molar-refractivity contribution in [2.24, 2.45) is 0 Å². The second-order valence-electron chi connectivity index (χ2n) is 3.15. The molecule has 14 heavy (non-hydrogen) atoms. The van der Waals surface area contributed by atoms with E-state index in [1.807, 2.05) is 13.0 Å². The lowest BCUT2D eigenvalue weighted by molar-refractivity contribution is -0.139. The van der Waals surface area contributed by atoms with E-state index < -0.39 is 0 Å². The van der Waals surface area contributed by atoms with Crippen molar-refractivity contribution < 1.29 is 14.1 Å². The third-order valence-corrected chi connectivity index (χ3v) is 2.17. The number of allylic oxidation sites excluding steroid dienone is 1. The van der Waals surface area contributed by atoms with Crippen molar-refractivity contribution in [2.45, 2.75) is 45.6 Å². The van der Waals surface area contributed by atoms with Crippen LogP contribution in [0.15, 0.2) is 12.3 Å². The molecule has 0 aliphatic rings. The topological polar surface area (TPSA) is 35.5 Å². The Hall–Kier alpha value is -0.400. The van der Waals surface area contributed by atoms with Crippen molar-refractivity contribution in [3.05, 3.63) is 12.3 Å². The molecule has 3 nitrogen and oxygen atoms in total. The maximum absolute atomic E-state index is 11.1. The fraction of sp³-hybridized carbons (Fsp3) is 0.700. The molecule has 0 N–H and O–H groups in total. The fourth-order valence-electron chi connectivity index (χ4n) is 0.845. The van der Waals surface area contributed by atoms with Gasteiger partial charge in [-0.05, 0) is 25.8 Å².